The number of oxazole rings is 1. The van der Waals surface area contributed by atoms with Crippen LogP contribution in [0.3, 0.4) is 0 Å². The maximum Gasteiger partial charge on any atom is 0.257 e. The number of anilines is 1. The Hall–Kier alpha value is -2.38. The van der Waals surface area contributed by atoms with E-state index in [9.17, 15) is 4.79 Å². The highest BCUT2D eigenvalue weighted by molar-refractivity contribution is 7.99. The molecule has 2 aromatic carbocycles. The number of carbonyl (C=O) groups is 1. The van der Waals surface area contributed by atoms with Crippen molar-refractivity contribution in [3.63, 3.8) is 0 Å². The molecule has 0 fully saturated rings. The summed E-state index contributed by atoms with van der Waals surface area (Å²) in [6, 6.07) is 10.5. The number of thioether (sulfide) groups is 1. The van der Waals surface area contributed by atoms with Crippen molar-refractivity contribution >= 4 is 46.1 Å². The van der Waals surface area contributed by atoms with Crippen LogP contribution in [0.4, 0.5) is 5.69 Å². The highest BCUT2D eigenvalue weighted by atomic mass is 35.5. The number of hydrogen-bond acceptors (Lipinski definition) is 6. The van der Waals surface area contributed by atoms with E-state index in [1.807, 2.05) is 13.8 Å². The van der Waals surface area contributed by atoms with Crippen molar-refractivity contribution in [2.24, 2.45) is 0 Å². The van der Waals surface area contributed by atoms with Crippen LogP contribution in [0.5, 0.6) is 11.5 Å². The Kier molecular flexibility index (Phi) is 6.47. The van der Waals surface area contributed by atoms with Gasteiger partial charge in [-0.2, -0.15) is 0 Å². The molecule has 0 aliphatic carbocycles. The number of aromatic nitrogens is 1. The normalized spacial score (nSPS) is 10.8. The van der Waals surface area contributed by atoms with Crippen LogP contribution in [0.2, 0.25) is 5.02 Å². The van der Waals surface area contributed by atoms with Crippen LogP contribution < -0.4 is 14.8 Å². The summed E-state index contributed by atoms with van der Waals surface area (Å²) in [6.45, 7) is 4.85. The summed E-state index contributed by atoms with van der Waals surface area (Å²) in [5, 5.41) is 3.85. The Morgan fingerprint density at radius 1 is 1.15 bits per heavy atom. The van der Waals surface area contributed by atoms with Gasteiger partial charge in [-0.25, -0.2) is 4.98 Å². The molecule has 0 aliphatic rings. The number of benzene rings is 2. The fourth-order valence-electron chi connectivity index (χ4n) is 2.39. The quantitative estimate of drug-likeness (QED) is 0.530. The van der Waals surface area contributed by atoms with Crippen molar-refractivity contribution in [2.75, 3.05) is 24.3 Å². The molecule has 142 valence electrons. The van der Waals surface area contributed by atoms with Gasteiger partial charge in [0.2, 0.25) is 5.91 Å². The smallest absolute Gasteiger partial charge is 0.257 e. The molecule has 8 heteroatoms. The molecule has 6 nitrogen and oxygen atoms in total. The largest absolute Gasteiger partial charge is 0.490 e. The van der Waals surface area contributed by atoms with E-state index in [1.54, 1.807) is 36.4 Å². The summed E-state index contributed by atoms with van der Waals surface area (Å²) < 4.78 is 16.7. The lowest BCUT2D eigenvalue weighted by Crippen LogP contribution is -2.14. The van der Waals surface area contributed by atoms with Gasteiger partial charge in [-0.3, -0.25) is 4.79 Å². The molecular weight excluding hydrogens is 388 g/mol. The van der Waals surface area contributed by atoms with Crippen molar-refractivity contribution < 1.29 is 18.7 Å². The van der Waals surface area contributed by atoms with E-state index >= 15 is 0 Å². The van der Waals surface area contributed by atoms with Crippen molar-refractivity contribution in [3.05, 3.63) is 41.4 Å². The first-order chi connectivity index (χ1) is 13.1. The summed E-state index contributed by atoms with van der Waals surface area (Å²) in [5.41, 5.74) is 1.94. The maximum absolute atomic E-state index is 12.2. The fraction of sp³-hybridized carbons (Fsp3) is 0.263. The summed E-state index contributed by atoms with van der Waals surface area (Å²) in [7, 11) is 0. The Morgan fingerprint density at radius 2 is 1.93 bits per heavy atom. The van der Waals surface area contributed by atoms with Crippen molar-refractivity contribution in [3.8, 4) is 11.5 Å². The third kappa shape index (κ3) is 5.08. The third-order valence-corrected chi connectivity index (χ3v) is 4.55. The Bertz CT molecular complexity index is 945. The molecule has 0 radical (unpaired) electrons. The number of nitrogens with zero attached hydrogens (tertiary/aromatic N) is 1. The lowest BCUT2D eigenvalue weighted by molar-refractivity contribution is -0.113. The van der Waals surface area contributed by atoms with Gasteiger partial charge in [0.25, 0.3) is 5.22 Å². The highest BCUT2D eigenvalue weighted by Gasteiger charge is 2.12. The zero-order valence-electron chi connectivity index (χ0n) is 15.0. The number of ether oxygens (including phenoxy) is 2. The second kappa shape index (κ2) is 9.01. The lowest BCUT2D eigenvalue weighted by Gasteiger charge is -2.12. The zero-order valence-corrected chi connectivity index (χ0v) is 16.5. The SMILES string of the molecule is CCOc1ccc(NC(=O)CSc2nc3cc(Cl)ccc3o2)cc1OCC. The second-order valence-corrected chi connectivity index (χ2v) is 6.82. The van der Waals surface area contributed by atoms with E-state index in [0.29, 0.717) is 51.7 Å². The summed E-state index contributed by atoms with van der Waals surface area (Å²) in [5.74, 6) is 1.24. The topological polar surface area (TPSA) is 73.6 Å². The van der Waals surface area contributed by atoms with Gasteiger partial charge in [-0.15, -0.1) is 0 Å². The molecule has 0 saturated heterocycles. The first-order valence-corrected chi connectivity index (χ1v) is 9.83. The molecule has 1 heterocycles. The van der Waals surface area contributed by atoms with E-state index in [2.05, 4.69) is 10.3 Å². The first-order valence-electron chi connectivity index (χ1n) is 8.47. The Labute approximate surface area is 166 Å². The van der Waals surface area contributed by atoms with E-state index in [0.717, 1.165) is 0 Å². The highest BCUT2D eigenvalue weighted by Crippen LogP contribution is 2.31. The van der Waals surface area contributed by atoms with E-state index in [4.69, 9.17) is 25.5 Å². The lowest BCUT2D eigenvalue weighted by atomic mass is 10.2. The number of nitrogens with one attached hydrogen (secondary N) is 1. The van der Waals surface area contributed by atoms with Crippen LogP contribution >= 0.6 is 23.4 Å². The number of fused-ring (bicyclic) bond motifs is 1. The number of carbonyl (C=O) groups excluding carboxylic acids is 1. The van der Waals surface area contributed by atoms with Crippen LogP contribution in [0.25, 0.3) is 11.1 Å². The Morgan fingerprint density at radius 3 is 2.70 bits per heavy atom. The van der Waals surface area contributed by atoms with Gasteiger partial charge in [0, 0.05) is 16.8 Å². The second-order valence-electron chi connectivity index (χ2n) is 5.46. The van der Waals surface area contributed by atoms with E-state index in [1.165, 1.54) is 11.8 Å². The predicted octanol–water partition coefficient (Wildman–Crippen LogP) is 5.01. The molecule has 1 aromatic heterocycles. The van der Waals surface area contributed by atoms with Crippen molar-refractivity contribution in [2.45, 2.75) is 19.1 Å². The van der Waals surface area contributed by atoms with Crippen LogP contribution in [0, 0.1) is 0 Å². The number of rotatable bonds is 8. The molecule has 0 saturated carbocycles. The molecule has 3 rings (SSSR count). The third-order valence-electron chi connectivity index (χ3n) is 3.48. The molecule has 27 heavy (non-hydrogen) atoms. The average Bonchev–Trinajstić information content (AvgIpc) is 3.04. The minimum Gasteiger partial charge on any atom is -0.490 e. The minimum atomic E-state index is -0.174. The van der Waals surface area contributed by atoms with E-state index in [-0.39, 0.29) is 11.7 Å². The number of amides is 1. The van der Waals surface area contributed by atoms with Gasteiger partial charge in [0.1, 0.15) is 5.52 Å². The molecular formula is C19H19ClN2O4S. The van der Waals surface area contributed by atoms with Gasteiger partial charge < -0.3 is 19.2 Å². The molecule has 0 spiro atoms. The van der Waals surface area contributed by atoms with Gasteiger partial charge in [0.05, 0.1) is 19.0 Å². The molecule has 1 N–H and O–H groups in total. The number of hydrogen-bond donors (Lipinski definition) is 1. The molecule has 0 atom stereocenters. The molecule has 0 aliphatic heterocycles. The molecule has 1 amide bonds. The van der Waals surface area contributed by atoms with Crippen LogP contribution in [0.15, 0.2) is 46.0 Å². The van der Waals surface area contributed by atoms with Crippen LogP contribution in [0.1, 0.15) is 13.8 Å². The summed E-state index contributed by atoms with van der Waals surface area (Å²) in [6.07, 6.45) is 0. The van der Waals surface area contributed by atoms with Crippen molar-refractivity contribution in [1.29, 1.82) is 0 Å². The standard InChI is InChI=1S/C19H19ClN2O4S/c1-3-24-16-8-6-13(10-17(16)25-4-2)21-18(23)11-27-19-22-14-9-12(20)5-7-15(14)26-19/h5-10H,3-4,11H2,1-2H3,(H,21,23). The zero-order chi connectivity index (χ0) is 19.2. The van der Waals surface area contributed by atoms with Gasteiger partial charge in [-0.05, 0) is 44.2 Å². The average molecular weight is 407 g/mol. The summed E-state index contributed by atoms with van der Waals surface area (Å²) >= 11 is 7.16. The Balaban J connectivity index is 1.61. The maximum atomic E-state index is 12.2. The monoisotopic (exact) mass is 406 g/mol. The van der Waals surface area contributed by atoms with Crippen molar-refractivity contribution in [1.82, 2.24) is 4.98 Å². The van der Waals surface area contributed by atoms with Gasteiger partial charge in [-0.1, -0.05) is 23.4 Å². The first kappa shape index (κ1) is 19.4. The van der Waals surface area contributed by atoms with Crippen LogP contribution in [-0.2, 0) is 4.79 Å². The molecule has 0 bridgehead atoms. The van der Waals surface area contributed by atoms with Crippen LogP contribution in [-0.4, -0.2) is 29.9 Å². The molecule has 0 unspecified atom stereocenters. The van der Waals surface area contributed by atoms with Gasteiger partial charge in [0.15, 0.2) is 17.1 Å². The summed E-state index contributed by atoms with van der Waals surface area (Å²) in [4.78, 5) is 16.6. The van der Waals surface area contributed by atoms with Gasteiger partial charge >= 0.3 is 0 Å². The van der Waals surface area contributed by atoms with E-state index < -0.39 is 0 Å². The fourth-order valence-corrected chi connectivity index (χ4v) is 3.20. The predicted molar refractivity (Wildman–Crippen MR) is 107 cm³/mol. The minimum absolute atomic E-state index is 0.164. The molecule has 3 aromatic rings. The number of halogens is 1.